The highest BCUT2D eigenvalue weighted by molar-refractivity contribution is 6.05. The molecule has 23 heavy (non-hydrogen) atoms. The zero-order valence-electron chi connectivity index (χ0n) is 11.8. The van der Waals surface area contributed by atoms with Crippen LogP contribution in [0.2, 0.25) is 0 Å². The van der Waals surface area contributed by atoms with Crippen LogP contribution in [0.4, 0.5) is 24.5 Å². The number of nitro groups is 1. The maximum absolute atomic E-state index is 12.9. The van der Waals surface area contributed by atoms with Gasteiger partial charge in [0, 0.05) is 17.2 Å². The molecule has 0 aromatic heterocycles. The molecule has 2 aromatic carbocycles. The van der Waals surface area contributed by atoms with Crippen LogP contribution < -0.4 is 5.32 Å². The van der Waals surface area contributed by atoms with Gasteiger partial charge in [-0.1, -0.05) is 12.1 Å². The van der Waals surface area contributed by atoms with E-state index in [4.69, 9.17) is 0 Å². The zero-order valence-corrected chi connectivity index (χ0v) is 11.8. The average molecular weight is 324 g/mol. The first kappa shape index (κ1) is 16.5. The number of carbonyl (C=O) groups excluding carboxylic acids is 1. The van der Waals surface area contributed by atoms with Crippen molar-refractivity contribution >= 4 is 17.3 Å². The van der Waals surface area contributed by atoms with Crippen molar-refractivity contribution in [2.24, 2.45) is 0 Å². The van der Waals surface area contributed by atoms with Crippen molar-refractivity contribution in [1.29, 1.82) is 0 Å². The van der Waals surface area contributed by atoms with Crippen LogP contribution >= 0.6 is 0 Å². The first-order valence-electron chi connectivity index (χ1n) is 6.43. The Balaban J connectivity index is 2.30. The summed E-state index contributed by atoms with van der Waals surface area (Å²) in [5, 5.41) is 12.9. The Morgan fingerprint density at radius 2 is 1.83 bits per heavy atom. The normalized spacial score (nSPS) is 11.1. The molecule has 0 unspecified atom stereocenters. The van der Waals surface area contributed by atoms with Crippen LogP contribution in [0.15, 0.2) is 42.5 Å². The molecule has 0 aliphatic heterocycles. The lowest BCUT2D eigenvalue weighted by Gasteiger charge is -2.13. The van der Waals surface area contributed by atoms with Crippen LogP contribution in [-0.2, 0) is 6.18 Å². The average Bonchev–Trinajstić information content (AvgIpc) is 2.46. The molecule has 0 radical (unpaired) electrons. The highest BCUT2D eigenvalue weighted by Gasteiger charge is 2.33. The summed E-state index contributed by atoms with van der Waals surface area (Å²) in [4.78, 5) is 22.2. The highest BCUT2D eigenvalue weighted by atomic mass is 19.4. The molecule has 0 saturated carbocycles. The summed E-state index contributed by atoms with van der Waals surface area (Å²) in [6.07, 6.45) is -4.60. The van der Waals surface area contributed by atoms with Gasteiger partial charge < -0.3 is 5.32 Å². The maximum atomic E-state index is 12.9. The van der Waals surface area contributed by atoms with Gasteiger partial charge in [-0.15, -0.1) is 0 Å². The number of benzene rings is 2. The molecule has 0 bridgehead atoms. The molecule has 0 atom stereocenters. The summed E-state index contributed by atoms with van der Waals surface area (Å²) in [5.74, 6) is -0.778. The van der Waals surface area contributed by atoms with E-state index in [9.17, 15) is 28.1 Å². The van der Waals surface area contributed by atoms with Crippen molar-refractivity contribution < 1.29 is 22.9 Å². The third kappa shape index (κ3) is 3.65. The quantitative estimate of drug-likeness (QED) is 0.680. The zero-order chi connectivity index (χ0) is 17.2. The highest BCUT2D eigenvalue weighted by Crippen LogP contribution is 2.34. The number of nitrogens with zero attached hydrogens (tertiary/aromatic N) is 1. The van der Waals surface area contributed by atoms with Gasteiger partial charge in [-0.2, -0.15) is 13.2 Å². The van der Waals surface area contributed by atoms with E-state index in [1.54, 1.807) is 0 Å². The predicted molar refractivity (Wildman–Crippen MR) is 77.2 cm³/mol. The van der Waals surface area contributed by atoms with E-state index in [-0.39, 0.29) is 22.5 Å². The molecule has 1 amide bonds. The summed E-state index contributed by atoms with van der Waals surface area (Å²) in [6, 6.07) is 8.16. The molecule has 1 N–H and O–H groups in total. The van der Waals surface area contributed by atoms with Gasteiger partial charge in [0.05, 0.1) is 16.2 Å². The molecule has 0 spiro atoms. The number of rotatable bonds is 3. The Kier molecular flexibility index (Phi) is 4.35. The van der Waals surface area contributed by atoms with Gasteiger partial charge in [0.1, 0.15) is 0 Å². The Morgan fingerprint density at radius 3 is 2.39 bits per heavy atom. The molecule has 0 saturated heterocycles. The lowest BCUT2D eigenvalue weighted by molar-refractivity contribution is -0.385. The van der Waals surface area contributed by atoms with E-state index in [2.05, 4.69) is 5.32 Å². The van der Waals surface area contributed by atoms with Crippen LogP contribution in [0.1, 0.15) is 21.5 Å². The number of para-hydroxylation sites is 1. The van der Waals surface area contributed by atoms with Gasteiger partial charge in [0.2, 0.25) is 0 Å². The number of nitrogens with one attached hydrogen (secondary N) is 1. The van der Waals surface area contributed by atoms with Gasteiger partial charge >= 0.3 is 6.18 Å². The first-order valence-corrected chi connectivity index (χ1v) is 6.43. The molecule has 0 aliphatic rings. The third-order valence-corrected chi connectivity index (χ3v) is 3.14. The van der Waals surface area contributed by atoms with Crippen LogP contribution in [0.3, 0.4) is 0 Å². The second-order valence-corrected chi connectivity index (χ2v) is 4.76. The van der Waals surface area contributed by atoms with Crippen LogP contribution in [0.25, 0.3) is 0 Å². The number of hydrogen-bond donors (Lipinski definition) is 1. The minimum atomic E-state index is -4.60. The number of alkyl halides is 3. The minimum absolute atomic E-state index is 0.0325. The Bertz CT molecular complexity index is 773. The van der Waals surface area contributed by atoms with Gasteiger partial charge in [0.15, 0.2) is 0 Å². The number of hydrogen-bond acceptors (Lipinski definition) is 3. The number of nitro benzene ring substituents is 1. The van der Waals surface area contributed by atoms with Crippen LogP contribution in [0, 0.1) is 17.0 Å². The largest absolute Gasteiger partial charge is 0.418 e. The first-order chi connectivity index (χ1) is 10.7. The molecule has 5 nitrogen and oxygen atoms in total. The summed E-state index contributed by atoms with van der Waals surface area (Å²) in [7, 11) is 0. The Morgan fingerprint density at radius 1 is 1.17 bits per heavy atom. The molecule has 2 rings (SSSR count). The summed E-state index contributed by atoms with van der Waals surface area (Å²) >= 11 is 0. The maximum Gasteiger partial charge on any atom is 0.418 e. The van der Waals surface area contributed by atoms with E-state index in [0.717, 1.165) is 18.2 Å². The molecule has 120 valence electrons. The lowest BCUT2D eigenvalue weighted by atomic mass is 10.1. The number of amides is 1. The van der Waals surface area contributed by atoms with Crippen molar-refractivity contribution in [2.45, 2.75) is 13.1 Å². The SMILES string of the molecule is Cc1cc(C(=O)Nc2ccccc2C(F)(F)F)ccc1[N+](=O)[O-]. The van der Waals surface area contributed by atoms with Crippen molar-refractivity contribution in [3.8, 4) is 0 Å². The fourth-order valence-corrected chi connectivity index (χ4v) is 2.04. The summed E-state index contributed by atoms with van der Waals surface area (Å²) < 4.78 is 38.6. The summed E-state index contributed by atoms with van der Waals surface area (Å²) in [6.45, 7) is 1.44. The van der Waals surface area contributed by atoms with Gasteiger partial charge in [0.25, 0.3) is 11.6 Å². The molecule has 0 fully saturated rings. The smallest absolute Gasteiger partial charge is 0.321 e. The van der Waals surface area contributed by atoms with Crippen molar-refractivity contribution in [2.75, 3.05) is 5.32 Å². The van der Waals surface area contributed by atoms with Crippen LogP contribution in [0.5, 0.6) is 0 Å². The van der Waals surface area contributed by atoms with E-state index < -0.39 is 22.6 Å². The monoisotopic (exact) mass is 324 g/mol. The Labute approximate surface area is 128 Å². The van der Waals surface area contributed by atoms with Crippen molar-refractivity contribution in [1.82, 2.24) is 0 Å². The van der Waals surface area contributed by atoms with Gasteiger partial charge in [-0.25, -0.2) is 0 Å². The fourth-order valence-electron chi connectivity index (χ4n) is 2.04. The standard InChI is InChI=1S/C15H11F3N2O3/c1-9-8-10(6-7-13(9)20(22)23)14(21)19-12-5-3-2-4-11(12)15(16,17)18/h2-8H,1H3,(H,19,21). The topological polar surface area (TPSA) is 72.2 Å². The van der Waals surface area contributed by atoms with Gasteiger partial charge in [-0.05, 0) is 31.2 Å². The number of anilines is 1. The third-order valence-electron chi connectivity index (χ3n) is 3.14. The molecule has 0 aliphatic carbocycles. The molecular formula is C15H11F3N2O3. The lowest BCUT2D eigenvalue weighted by Crippen LogP contribution is -2.16. The van der Waals surface area contributed by atoms with Gasteiger partial charge in [-0.3, -0.25) is 14.9 Å². The second kappa shape index (κ2) is 6.07. The number of halogens is 3. The molecule has 2 aromatic rings. The van der Waals surface area contributed by atoms with E-state index in [1.165, 1.54) is 31.2 Å². The Hall–Kier alpha value is -2.90. The predicted octanol–water partition coefficient (Wildman–Crippen LogP) is 4.17. The molecular weight excluding hydrogens is 313 g/mol. The number of aryl methyl sites for hydroxylation is 1. The van der Waals surface area contributed by atoms with Crippen molar-refractivity contribution in [3.05, 3.63) is 69.3 Å². The number of carbonyl (C=O) groups is 1. The summed E-state index contributed by atoms with van der Waals surface area (Å²) in [5.41, 5.74) is -1.23. The van der Waals surface area contributed by atoms with E-state index >= 15 is 0 Å². The minimum Gasteiger partial charge on any atom is -0.321 e. The van der Waals surface area contributed by atoms with E-state index in [0.29, 0.717) is 0 Å². The molecule has 0 heterocycles. The fraction of sp³-hybridized carbons (Fsp3) is 0.133. The molecule has 8 heteroatoms. The van der Waals surface area contributed by atoms with Crippen molar-refractivity contribution in [3.63, 3.8) is 0 Å². The second-order valence-electron chi connectivity index (χ2n) is 4.76. The van der Waals surface area contributed by atoms with E-state index in [1.807, 2.05) is 0 Å². The van der Waals surface area contributed by atoms with Crippen LogP contribution in [-0.4, -0.2) is 10.8 Å².